The Morgan fingerprint density at radius 2 is 1.03 bits per heavy atom. The topological polar surface area (TPSA) is 148 Å². The second-order valence-corrected chi connectivity index (χ2v) is 27.7. The third-order valence-electron chi connectivity index (χ3n) is 18.0. The first kappa shape index (κ1) is 69.4. The Kier molecular flexibility index (Phi) is 33.8. The van der Waals surface area contributed by atoms with Crippen molar-refractivity contribution in [2.24, 2.45) is 94.7 Å². The van der Waals surface area contributed by atoms with Gasteiger partial charge in [-0.2, -0.15) is 0 Å². The molecule has 0 saturated heterocycles. The van der Waals surface area contributed by atoms with Crippen LogP contribution in [0.15, 0.2) is 12.2 Å². The van der Waals surface area contributed by atoms with E-state index in [0.29, 0.717) is 76.3 Å². The number of aliphatic hydroxyl groups excluding tert-OH is 5. The van der Waals surface area contributed by atoms with Crippen molar-refractivity contribution >= 4 is 17.4 Å². The van der Waals surface area contributed by atoms with Crippen LogP contribution in [0, 0.1) is 94.7 Å². The summed E-state index contributed by atoms with van der Waals surface area (Å²) in [7, 11) is 0. The van der Waals surface area contributed by atoms with E-state index in [-0.39, 0.29) is 43.5 Å². The average Bonchev–Trinajstić information content (AvgIpc) is 3.25. The molecule has 6 saturated carbocycles. The molecule has 72 heavy (non-hydrogen) atoms. The zero-order chi connectivity index (χ0) is 55.2. The highest BCUT2D eigenvalue weighted by Gasteiger charge is 2.37. The summed E-state index contributed by atoms with van der Waals surface area (Å²) in [6.07, 6.45) is 19.6. The van der Waals surface area contributed by atoms with Crippen LogP contribution in [0.4, 0.5) is 0 Å². The van der Waals surface area contributed by atoms with Gasteiger partial charge in [-0.15, -0.1) is 11.6 Å². The Bertz CT molecular complexity index is 1400. The van der Waals surface area contributed by atoms with Crippen LogP contribution in [0.5, 0.6) is 0 Å². The second-order valence-electron chi connectivity index (χ2n) is 27.2. The zero-order valence-corrected chi connectivity index (χ0v) is 50.7. The minimum atomic E-state index is -0.731. The van der Waals surface area contributed by atoms with E-state index in [1.807, 2.05) is 6.92 Å². The summed E-state index contributed by atoms with van der Waals surface area (Å²) < 4.78 is 5.77. The van der Waals surface area contributed by atoms with Gasteiger partial charge in [0.1, 0.15) is 11.9 Å². The molecule has 6 aliphatic rings. The number of rotatable bonds is 10. The molecule has 0 aliphatic heterocycles. The van der Waals surface area contributed by atoms with Gasteiger partial charge in [-0.25, -0.2) is 0 Å². The summed E-state index contributed by atoms with van der Waals surface area (Å²) in [5.41, 5.74) is 0.420. The number of Topliss-reactive ketones (excluding diaryl/α,β-unsaturated/α-hetero) is 1. The molecule has 428 valence electrons. The molecule has 0 amide bonds. The predicted octanol–water partition coefficient (Wildman–Crippen LogP) is 14.5. The lowest BCUT2D eigenvalue weighted by molar-refractivity contribution is -0.127. The number of hydrogen-bond donors (Lipinski definition) is 6. The number of hydrogen-bond acceptors (Lipinski definition) is 8. The van der Waals surface area contributed by atoms with E-state index >= 15 is 0 Å². The largest absolute Gasteiger partial charge is 0.394 e. The highest BCUT2D eigenvalue weighted by molar-refractivity contribution is 6.20. The van der Waals surface area contributed by atoms with E-state index in [0.717, 1.165) is 87.0 Å². The summed E-state index contributed by atoms with van der Waals surface area (Å²) in [5, 5.41) is 57.3. The molecule has 0 radical (unpaired) electrons. The normalized spacial score (nSPS) is 36.7. The molecule has 0 bridgehead atoms. The quantitative estimate of drug-likeness (QED) is 0.0936. The van der Waals surface area contributed by atoms with Crippen molar-refractivity contribution in [3.63, 3.8) is 0 Å². The molecule has 9 heteroatoms. The molecule has 6 aliphatic carbocycles. The molecule has 6 rings (SSSR count). The molecule has 0 aromatic carbocycles. The molecule has 0 aromatic heterocycles. The Hall–Kier alpha value is -0.580. The van der Waals surface area contributed by atoms with Gasteiger partial charge in [0.2, 0.25) is 0 Å². The lowest BCUT2D eigenvalue weighted by Gasteiger charge is -2.38. The highest BCUT2D eigenvalue weighted by atomic mass is 35.5. The predicted molar refractivity (Wildman–Crippen MR) is 305 cm³/mol. The van der Waals surface area contributed by atoms with E-state index in [9.17, 15) is 30.3 Å². The van der Waals surface area contributed by atoms with Crippen molar-refractivity contribution in [1.29, 1.82) is 0 Å². The smallest absolute Gasteiger partial charge is 0.136 e. The van der Waals surface area contributed by atoms with Gasteiger partial charge in [-0.1, -0.05) is 135 Å². The van der Waals surface area contributed by atoms with Gasteiger partial charge in [0.15, 0.2) is 0 Å². The summed E-state index contributed by atoms with van der Waals surface area (Å²) >= 11 is 6.27. The second kappa shape index (κ2) is 35.0. The van der Waals surface area contributed by atoms with E-state index in [4.69, 9.17) is 21.4 Å². The summed E-state index contributed by atoms with van der Waals surface area (Å²) in [5.74, 6) is 10.1. The average molecular weight is 1040 g/mol. The maximum absolute atomic E-state index is 11.4. The van der Waals surface area contributed by atoms with E-state index < -0.39 is 11.7 Å². The first-order valence-electron chi connectivity index (χ1n) is 29.9. The molecule has 8 nitrogen and oxygen atoms in total. The van der Waals surface area contributed by atoms with Crippen LogP contribution in [0.1, 0.15) is 233 Å². The first-order chi connectivity index (χ1) is 33.4. The van der Waals surface area contributed by atoms with Crippen LogP contribution < -0.4 is 0 Å². The summed E-state index contributed by atoms with van der Waals surface area (Å²) in [6.45, 7) is 40.7. The standard InChI is InChI=1S/C13H26O3.C10H19Cl.C10H20O2.C10H20O.2C10H18O/c1-9(2)12-5-4-10(3)6-13(12)16-8-11(15)7-14;1-7(2)9-5-4-8(3)6-10(9)11;1-7-4-5-8(9(11)6-7)10(2,3)12;3*1-7(2)9-5-4-8(3)6-10(9)11/h9-15H,4-8H2,1-3H3;7-10H,4-6H2,1-3H3;7-9,11-12H,4-6H2,1-3H3;7-11H,4-6H2,1-3H3;7-9H,4-6H2,1-3H3;8-11H,1,4-6H2,2-3H3. The van der Waals surface area contributed by atoms with E-state index in [1.165, 1.54) is 57.8 Å². The van der Waals surface area contributed by atoms with Crippen molar-refractivity contribution in [3.8, 4) is 0 Å². The molecule has 0 heterocycles. The van der Waals surface area contributed by atoms with Crippen LogP contribution in [-0.4, -0.2) is 91.1 Å². The van der Waals surface area contributed by atoms with Crippen molar-refractivity contribution in [2.45, 2.75) is 275 Å². The molecular weight excluding hydrogens is 920 g/mol. The zero-order valence-electron chi connectivity index (χ0n) is 49.9. The summed E-state index contributed by atoms with van der Waals surface area (Å²) in [6, 6.07) is 0. The highest BCUT2D eigenvalue weighted by Crippen LogP contribution is 2.39. The third-order valence-corrected chi connectivity index (χ3v) is 18.5. The van der Waals surface area contributed by atoms with Gasteiger partial charge < -0.3 is 35.4 Å². The number of ether oxygens (including phenoxy) is 1. The molecular formula is C63H121ClO8. The van der Waals surface area contributed by atoms with E-state index in [2.05, 4.69) is 104 Å². The van der Waals surface area contributed by atoms with Crippen LogP contribution >= 0.6 is 11.6 Å². The van der Waals surface area contributed by atoms with E-state index in [1.54, 1.807) is 13.8 Å². The van der Waals surface area contributed by atoms with Crippen molar-refractivity contribution < 1.29 is 40.2 Å². The first-order valence-corrected chi connectivity index (χ1v) is 30.3. The minimum Gasteiger partial charge on any atom is -0.394 e. The van der Waals surface area contributed by atoms with Crippen LogP contribution in [0.2, 0.25) is 0 Å². The number of ketones is 1. The Labute approximate surface area is 450 Å². The SMILES string of the molecule is C=C(C)C1CCC(C)CC1O.CC1CCC(C(C)(C)O)C(O)C1.CC1CCC(C(C)C)C(=O)C1.CC1CCC(C(C)C)C(Cl)C1.CC1CCC(C(C)C)C(O)C1.CC1CCC(C(C)C)C(OCC(O)CO)C1. The summed E-state index contributed by atoms with van der Waals surface area (Å²) in [4.78, 5) is 11.4. The lowest BCUT2D eigenvalue weighted by Crippen LogP contribution is -2.42. The monoisotopic (exact) mass is 1040 g/mol. The maximum atomic E-state index is 11.4. The number of halogens is 1. The fraction of sp³-hybridized carbons (Fsp3) is 0.952. The van der Waals surface area contributed by atoms with Crippen LogP contribution in [0.25, 0.3) is 0 Å². The molecule has 18 atom stereocenters. The Balaban J connectivity index is 0.000000435. The van der Waals surface area contributed by atoms with Crippen molar-refractivity contribution in [1.82, 2.24) is 0 Å². The van der Waals surface area contributed by atoms with Gasteiger partial charge in [-0.05, 0) is 181 Å². The number of carbonyl (C=O) groups is 1. The Morgan fingerprint density at radius 1 is 0.597 bits per heavy atom. The van der Waals surface area contributed by atoms with Gasteiger partial charge in [0, 0.05) is 29.6 Å². The Morgan fingerprint density at radius 3 is 1.44 bits per heavy atom. The van der Waals surface area contributed by atoms with Crippen LogP contribution in [0.3, 0.4) is 0 Å². The van der Waals surface area contributed by atoms with Gasteiger partial charge in [0.25, 0.3) is 0 Å². The maximum Gasteiger partial charge on any atom is 0.136 e. The molecule has 6 N–H and O–H groups in total. The van der Waals surface area contributed by atoms with Crippen molar-refractivity contribution in [3.05, 3.63) is 12.2 Å². The number of carbonyl (C=O) groups excluding carboxylic acids is 1. The molecule has 0 spiro atoms. The fourth-order valence-electron chi connectivity index (χ4n) is 12.9. The number of alkyl halides is 1. The molecule has 18 unspecified atom stereocenters. The van der Waals surface area contributed by atoms with Gasteiger partial charge in [-0.3, -0.25) is 4.79 Å². The third kappa shape index (κ3) is 26.7. The fourth-order valence-corrected chi connectivity index (χ4v) is 13.6. The van der Waals surface area contributed by atoms with Crippen LogP contribution in [-0.2, 0) is 9.53 Å². The van der Waals surface area contributed by atoms with Gasteiger partial charge >= 0.3 is 0 Å². The minimum absolute atomic E-state index is 0.0289. The molecule has 0 aromatic rings. The molecule has 6 fully saturated rings. The van der Waals surface area contributed by atoms with Gasteiger partial charge in [0.05, 0.1) is 43.2 Å². The van der Waals surface area contributed by atoms with Crippen molar-refractivity contribution in [2.75, 3.05) is 13.2 Å². The number of aliphatic hydroxyl groups is 6. The lowest BCUT2D eigenvalue weighted by atomic mass is 9.73.